The van der Waals surface area contributed by atoms with Gasteiger partial charge in [0.1, 0.15) is 5.75 Å². The highest BCUT2D eigenvalue weighted by Gasteiger charge is 2.27. The first kappa shape index (κ1) is 21.4. The summed E-state index contributed by atoms with van der Waals surface area (Å²) in [5, 5.41) is 0. The van der Waals surface area contributed by atoms with Gasteiger partial charge in [0.25, 0.3) is 0 Å². The Hall–Kier alpha value is -2.86. The van der Waals surface area contributed by atoms with Gasteiger partial charge in [-0.2, -0.15) is 0 Å². The zero-order chi connectivity index (χ0) is 21.8. The summed E-state index contributed by atoms with van der Waals surface area (Å²) in [6.07, 6.45) is 2.38. The Labute approximate surface area is 184 Å². The Balaban J connectivity index is 1.31. The SMILES string of the molecule is COc1ccc2c(c1)CCCN2C(=O)CN1CCN(C(=O)Cc2ccccc2C)CC1. The van der Waals surface area contributed by atoms with Crippen LogP contribution in [0.4, 0.5) is 5.69 Å². The number of ether oxygens (including phenoxy) is 1. The lowest BCUT2D eigenvalue weighted by atomic mass is 10.0. The largest absolute Gasteiger partial charge is 0.497 e. The van der Waals surface area contributed by atoms with Gasteiger partial charge in [0, 0.05) is 38.4 Å². The van der Waals surface area contributed by atoms with Crippen molar-refractivity contribution in [1.82, 2.24) is 9.80 Å². The fraction of sp³-hybridized carbons (Fsp3) is 0.440. The first-order valence-electron chi connectivity index (χ1n) is 11.1. The molecule has 2 aliphatic heterocycles. The molecule has 0 bridgehead atoms. The molecular formula is C25H31N3O3. The van der Waals surface area contributed by atoms with Crippen molar-refractivity contribution in [3.8, 4) is 5.75 Å². The van der Waals surface area contributed by atoms with Gasteiger partial charge in [0.2, 0.25) is 11.8 Å². The van der Waals surface area contributed by atoms with Crippen LogP contribution in [0.1, 0.15) is 23.1 Å². The van der Waals surface area contributed by atoms with Crippen molar-refractivity contribution in [2.75, 3.05) is 51.3 Å². The summed E-state index contributed by atoms with van der Waals surface area (Å²) < 4.78 is 5.33. The lowest BCUT2D eigenvalue weighted by Gasteiger charge is -2.36. The zero-order valence-corrected chi connectivity index (χ0v) is 18.5. The molecule has 2 aliphatic rings. The Bertz CT molecular complexity index is 951. The number of piperazine rings is 1. The van der Waals surface area contributed by atoms with E-state index in [1.54, 1.807) is 7.11 Å². The second-order valence-corrected chi connectivity index (χ2v) is 8.40. The fourth-order valence-corrected chi connectivity index (χ4v) is 4.47. The maximum Gasteiger partial charge on any atom is 0.241 e. The molecule has 0 N–H and O–H groups in total. The first-order chi connectivity index (χ1) is 15.0. The van der Waals surface area contributed by atoms with Crippen molar-refractivity contribution in [3.05, 3.63) is 59.2 Å². The molecule has 31 heavy (non-hydrogen) atoms. The minimum atomic E-state index is 0.130. The number of nitrogens with zero attached hydrogens (tertiary/aromatic N) is 3. The number of benzene rings is 2. The van der Waals surface area contributed by atoms with Crippen molar-refractivity contribution in [3.63, 3.8) is 0 Å². The van der Waals surface area contributed by atoms with Crippen molar-refractivity contribution >= 4 is 17.5 Å². The van der Waals surface area contributed by atoms with E-state index >= 15 is 0 Å². The van der Waals surface area contributed by atoms with E-state index < -0.39 is 0 Å². The van der Waals surface area contributed by atoms with Gasteiger partial charge in [0.15, 0.2) is 0 Å². The lowest BCUT2D eigenvalue weighted by Crippen LogP contribution is -2.52. The number of carbonyl (C=O) groups is 2. The van der Waals surface area contributed by atoms with E-state index in [0.717, 1.165) is 55.0 Å². The van der Waals surface area contributed by atoms with Gasteiger partial charge >= 0.3 is 0 Å². The average Bonchev–Trinajstić information content (AvgIpc) is 2.80. The number of hydrogen-bond donors (Lipinski definition) is 0. The van der Waals surface area contributed by atoms with Crippen LogP contribution in [0.5, 0.6) is 5.75 Å². The molecule has 6 heteroatoms. The summed E-state index contributed by atoms with van der Waals surface area (Å²) in [7, 11) is 1.67. The molecule has 1 saturated heterocycles. The van der Waals surface area contributed by atoms with Crippen LogP contribution in [0, 0.1) is 6.92 Å². The first-order valence-corrected chi connectivity index (χ1v) is 11.1. The van der Waals surface area contributed by atoms with Crippen molar-refractivity contribution in [2.45, 2.75) is 26.2 Å². The highest BCUT2D eigenvalue weighted by atomic mass is 16.5. The summed E-state index contributed by atoms with van der Waals surface area (Å²) in [6, 6.07) is 14.0. The van der Waals surface area contributed by atoms with Crippen LogP contribution < -0.4 is 9.64 Å². The maximum atomic E-state index is 13.1. The van der Waals surface area contributed by atoms with Crippen molar-refractivity contribution in [1.29, 1.82) is 0 Å². The van der Waals surface area contributed by atoms with Crippen LogP contribution >= 0.6 is 0 Å². The molecule has 6 nitrogen and oxygen atoms in total. The average molecular weight is 422 g/mol. The third kappa shape index (κ3) is 4.90. The molecule has 0 radical (unpaired) electrons. The molecule has 164 valence electrons. The molecule has 2 amide bonds. The second-order valence-electron chi connectivity index (χ2n) is 8.40. The lowest BCUT2D eigenvalue weighted by molar-refractivity contribution is -0.132. The van der Waals surface area contributed by atoms with E-state index in [1.807, 2.05) is 59.2 Å². The molecule has 0 spiro atoms. The number of methoxy groups -OCH3 is 1. The van der Waals surface area contributed by atoms with E-state index in [-0.39, 0.29) is 11.8 Å². The molecule has 0 atom stereocenters. The third-order valence-corrected chi connectivity index (χ3v) is 6.39. The molecular weight excluding hydrogens is 390 g/mol. The van der Waals surface area contributed by atoms with Crippen LogP contribution in [-0.4, -0.2) is 68.0 Å². The molecule has 1 fully saturated rings. The number of carbonyl (C=O) groups excluding carboxylic acids is 2. The summed E-state index contributed by atoms with van der Waals surface area (Å²) in [4.78, 5) is 31.8. The van der Waals surface area contributed by atoms with E-state index in [9.17, 15) is 9.59 Å². The van der Waals surface area contributed by atoms with E-state index in [4.69, 9.17) is 4.74 Å². The molecule has 2 aromatic carbocycles. The monoisotopic (exact) mass is 421 g/mol. The van der Waals surface area contributed by atoms with Gasteiger partial charge in [-0.1, -0.05) is 24.3 Å². The standard InChI is InChI=1S/C25H31N3O3/c1-19-6-3-4-7-20(19)17-24(29)27-14-12-26(13-15-27)18-25(30)28-11-5-8-21-16-22(31-2)9-10-23(21)28/h3-4,6-7,9-10,16H,5,8,11-15,17-18H2,1-2H3. The topological polar surface area (TPSA) is 53.1 Å². The predicted molar refractivity (Wildman–Crippen MR) is 122 cm³/mol. The quantitative estimate of drug-likeness (QED) is 0.745. The Morgan fingerprint density at radius 1 is 0.968 bits per heavy atom. The Kier molecular flexibility index (Phi) is 6.56. The van der Waals surface area contributed by atoms with Crippen molar-refractivity contribution in [2.24, 2.45) is 0 Å². The molecule has 0 saturated carbocycles. The highest BCUT2D eigenvalue weighted by Crippen LogP contribution is 2.30. The van der Waals surface area contributed by atoms with Gasteiger partial charge in [-0.25, -0.2) is 0 Å². The molecule has 0 aliphatic carbocycles. The molecule has 0 aromatic heterocycles. The van der Waals surface area contributed by atoms with Crippen LogP contribution in [0.3, 0.4) is 0 Å². The zero-order valence-electron chi connectivity index (χ0n) is 18.5. The minimum Gasteiger partial charge on any atom is -0.497 e. The second kappa shape index (κ2) is 9.52. The highest BCUT2D eigenvalue weighted by molar-refractivity contribution is 5.96. The van der Waals surface area contributed by atoms with Crippen LogP contribution in [0.15, 0.2) is 42.5 Å². The van der Waals surface area contributed by atoms with Gasteiger partial charge < -0.3 is 14.5 Å². The number of rotatable bonds is 5. The Morgan fingerprint density at radius 3 is 2.48 bits per heavy atom. The third-order valence-electron chi connectivity index (χ3n) is 6.39. The van der Waals surface area contributed by atoms with Gasteiger partial charge in [0.05, 0.1) is 20.1 Å². The normalized spacial score (nSPS) is 16.7. The number of aryl methyl sites for hydroxylation is 2. The molecule has 2 heterocycles. The van der Waals surface area contributed by atoms with Crippen molar-refractivity contribution < 1.29 is 14.3 Å². The summed E-state index contributed by atoms with van der Waals surface area (Å²) in [5.74, 6) is 1.13. The summed E-state index contributed by atoms with van der Waals surface area (Å²) in [6.45, 7) is 6.00. The number of hydrogen-bond acceptors (Lipinski definition) is 4. The Morgan fingerprint density at radius 2 is 1.74 bits per heavy atom. The van der Waals surface area contributed by atoms with Gasteiger partial charge in [-0.3, -0.25) is 14.5 Å². The number of amides is 2. The van der Waals surface area contributed by atoms with Gasteiger partial charge in [-0.05, 0) is 54.7 Å². The maximum absolute atomic E-state index is 13.1. The molecule has 0 unspecified atom stereocenters. The molecule has 2 aromatic rings. The van der Waals surface area contributed by atoms with E-state index in [2.05, 4.69) is 4.90 Å². The van der Waals surface area contributed by atoms with Crippen LogP contribution in [0.25, 0.3) is 0 Å². The van der Waals surface area contributed by atoms with Crippen LogP contribution in [-0.2, 0) is 22.4 Å². The van der Waals surface area contributed by atoms with Crippen LogP contribution in [0.2, 0.25) is 0 Å². The van der Waals surface area contributed by atoms with E-state index in [0.29, 0.717) is 26.1 Å². The summed E-state index contributed by atoms with van der Waals surface area (Å²) in [5.41, 5.74) is 4.42. The predicted octanol–water partition coefficient (Wildman–Crippen LogP) is 2.67. The van der Waals surface area contributed by atoms with Gasteiger partial charge in [-0.15, -0.1) is 0 Å². The fourth-order valence-electron chi connectivity index (χ4n) is 4.47. The molecule has 4 rings (SSSR count). The summed E-state index contributed by atoms with van der Waals surface area (Å²) >= 11 is 0. The smallest absolute Gasteiger partial charge is 0.241 e. The van der Waals surface area contributed by atoms with E-state index in [1.165, 1.54) is 5.56 Å². The number of anilines is 1. The minimum absolute atomic E-state index is 0.130. The number of fused-ring (bicyclic) bond motifs is 1.